The van der Waals surface area contributed by atoms with Gasteiger partial charge >= 0.3 is 5.97 Å². The minimum atomic E-state index is -0.942. The van der Waals surface area contributed by atoms with E-state index in [-0.39, 0.29) is 18.5 Å². The van der Waals surface area contributed by atoms with Crippen molar-refractivity contribution in [3.63, 3.8) is 0 Å². The highest BCUT2D eigenvalue weighted by molar-refractivity contribution is 6.06. The number of carboxylic acids is 1. The highest BCUT2D eigenvalue weighted by Crippen LogP contribution is 2.30. The summed E-state index contributed by atoms with van der Waals surface area (Å²) in [6.07, 6.45) is 1.64. The van der Waals surface area contributed by atoms with E-state index >= 15 is 0 Å². The van der Waals surface area contributed by atoms with Crippen molar-refractivity contribution in [2.45, 2.75) is 40.7 Å². The van der Waals surface area contributed by atoms with Crippen molar-refractivity contribution in [3.8, 4) is 11.3 Å². The van der Waals surface area contributed by atoms with E-state index in [1.807, 2.05) is 33.8 Å². The third-order valence-electron chi connectivity index (χ3n) is 4.92. The van der Waals surface area contributed by atoms with E-state index in [4.69, 9.17) is 9.40 Å². The molecular weight excluding hydrogens is 372 g/mol. The molecule has 154 valence electrons. The predicted molar refractivity (Wildman–Crippen MR) is 109 cm³/mol. The number of carbonyl (C=O) groups excluding carboxylic acids is 1. The number of hydrogen-bond donors (Lipinski definition) is 1. The second kappa shape index (κ2) is 7.69. The smallest absolute Gasteiger partial charge is 0.308 e. The Morgan fingerprint density at radius 2 is 1.93 bits per heavy atom. The first-order valence-corrected chi connectivity index (χ1v) is 9.54. The van der Waals surface area contributed by atoms with Crippen LogP contribution in [0.5, 0.6) is 0 Å². The van der Waals surface area contributed by atoms with Crippen molar-refractivity contribution < 1.29 is 19.1 Å². The Balaban J connectivity index is 2.16. The Morgan fingerprint density at radius 1 is 1.24 bits per heavy atom. The molecule has 1 amide bonds. The van der Waals surface area contributed by atoms with Gasteiger partial charge in [0.1, 0.15) is 11.5 Å². The van der Waals surface area contributed by atoms with Gasteiger partial charge in [-0.3, -0.25) is 9.59 Å². The molecule has 3 rings (SSSR count). The quantitative estimate of drug-likeness (QED) is 0.680. The van der Waals surface area contributed by atoms with Gasteiger partial charge in [-0.05, 0) is 39.8 Å². The molecule has 1 N–H and O–H groups in total. The van der Waals surface area contributed by atoms with Crippen molar-refractivity contribution in [2.75, 3.05) is 13.6 Å². The van der Waals surface area contributed by atoms with Crippen LogP contribution in [-0.4, -0.2) is 50.2 Å². The van der Waals surface area contributed by atoms with Gasteiger partial charge in [0.25, 0.3) is 5.91 Å². The second-order valence-corrected chi connectivity index (χ2v) is 7.73. The first-order valence-electron chi connectivity index (χ1n) is 9.54. The molecule has 8 heteroatoms. The zero-order valence-corrected chi connectivity index (χ0v) is 17.6. The van der Waals surface area contributed by atoms with Gasteiger partial charge in [-0.15, -0.1) is 0 Å². The van der Waals surface area contributed by atoms with Crippen molar-refractivity contribution in [2.24, 2.45) is 5.92 Å². The first kappa shape index (κ1) is 20.6. The summed E-state index contributed by atoms with van der Waals surface area (Å²) in [6, 6.07) is 3.69. The molecule has 1 atom stereocenters. The third kappa shape index (κ3) is 3.87. The van der Waals surface area contributed by atoms with Crippen molar-refractivity contribution >= 4 is 22.9 Å². The average molecular weight is 398 g/mol. The minimum Gasteiger partial charge on any atom is -0.481 e. The SMILES string of the molecule is Cc1cc(-c2cc(C(=O)N(C)CC(C)C(=O)O)c3cnn(C(C)C)c3n2)c(C)o1. The molecule has 0 aliphatic carbocycles. The molecule has 3 aromatic heterocycles. The number of furan rings is 1. The van der Waals surface area contributed by atoms with Crippen LogP contribution in [-0.2, 0) is 4.79 Å². The number of carbonyl (C=O) groups is 2. The molecule has 0 saturated carbocycles. The Kier molecular flexibility index (Phi) is 5.46. The predicted octanol–water partition coefficient (Wildman–Crippen LogP) is 3.68. The lowest BCUT2D eigenvalue weighted by molar-refractivity contribution is -0.141. The Labute approximate surface area is 169 Å². The normalized spacial score (nSPS) is 12.5. The fourth-order valence-corrected chi connectivity index (χ4v) is 3.37. The van der Waals surface area contributed by atoms with Crippen LogP contribution in [0.2, 0.25) is 0 Å². The number of hydrogen-bond acceptors (Lipinski definition) is 5. The zero-order chi connectivity index (χ0) is 21.5. The molecule has 0 aliphatic heterocycles. The number of fused-ring (bicyclic) bond motifs is 1. The summed E-state index contributed by atoms with van der Waals surface area (Å²) in [6.45, 7) is 9.40. The summed E-state index contributed by atoms with van der Waals surface area (Å²) in [5.41, 5.74) is 2.49. The number of aryl methyl sites for hydroxylation is 2. The minimum absolute atomic E-state index is 0.0650. The van der Waals surface area contributed by atoms with Crippen LogP contribution in [0.15, 0.2) is 22.7 Å². The van der Waals surface area contributed by atoms with E-state index in [1.165, 1.54) is 4.90 Å². The molecule has 0 aromatic carbocycles. The molecule has 8 nitrogen and oxygen atoms in total. The summed E-state index contributed by atoms with van der Waals surface area (Å²) in [4.78, 5) is 30.6. The van der Waals surface area contributed by atoms with E-state index < -0.39 is 11.9 Å². The number of pyridine rings is 1. The lowest BCUT2D eigenvalue weighted by Crippen LogP contribution is -2.33. The van der Waals surface area contributed by atoms with Gasteiger partial charge in [-0.25, -0.2) is 9.67 Å². The fraction of sp³-hybridized carbons (Fsp3) is 0.429. The highest BCUT2D eigenvalue weighted by Gasteiger charge is 2.24. The summed E-state index contributed by atoms with van der Waals surface area (Å²) >= 11 is 0. The number of rotatable bonds is 6. The van der Waals surface area contributed by atoms with Gasteiger partial charge in [0.05, 0.1) is 28.8 Å². The molecule has 3 heterocycles. The molecule has 0 radical (unpaired) electrons. The Morgan fingerprint density at radius 3 is 2.48 bits per heavy atom. The number of nitrogens with zero attached hydrogens (tertiary/aromatic N) is 4. The number of aromatic nitrogens is 3. The number of carboxylic acid groups (broad SMARTS) is 1. The molecule has 0 fully saturated rings. The van der Waals surface area contributed by atoms with Crippen LogP contribution >= 0.6 is 0 Å². The fourth-order valence-electron chi connectivity index (χ4n) is 3.37. The topological polar surface area (TPSA) is 101 Å². The van der Waals surface area contributed by atoms with E-state index in [0.29, 0.717) is 22.3 Å². The van der Waals surface area contributed by atoms with E-state index in [9.17, 15) is 14.7 Å². The maximum atomic E-state index is 13.2. The van der Waals surface area contributed by atoms with Crippen LogP contribution in [0, 0.1) is 19.8 Å². The number of amides is 1. The van der Waals surface area contributed by atoms with Crippen LogP contribution in [0.1, 0.15) is 48.7 Å². The van der Waals surface area contributed by atoms with Gasteiger partial charge in [0.2, 0.25) is 0 Å². The van der Waals surface area contributed by atoms with Gasteiger partial charge in [0, 0.05) is 25.2 Å². The lowest BCUT2D eigenvalue weighted by Gasteiger charge is -2.20. The average Bonchev–Trinajstić information content (AvgIpc) is 3.22. The summed E-state index contributed by atoms with van der Waals surface area (Å²) in [5, 5.41) is 14.2. The molecule has 0 spiro atoms. The monoisotopic (exact) mass is 398 g/mol. The Hall–Kier alpha value is -3.16. The maximum absolute atomic E-state index is 13.2. The van der Waals surface area contributed by atoms with Gasteiger partial charge < -0.3 is 14.4 Å². The van der Waals surface area contributed by atoms with E-state index in [2.05, 4.69) is 5.10 Å². The van der Waals surface area contributed by atoms with Crippen molar-refractivity contribution in [1.29, 1.82) is 0 Å². The maximum Gasteiger partial charge on any atom is 0.308 e. The van der Waals surface area contributed by atoms with Crippen molar-refractivity contribution in [3.05, 3.63) is 35.4 Å². The van der Waals surface area contributed by atoms with Crippen LogP contribution < -0.4 is 0 Å². The highest BCUT2D eigenvalue weighted by atomic mass is 16.4. The van der Waals surface area contributed by atoms with Gasteiger partial charge in [-0.1, -0.05) is 6.92 Å². The van der Waals surface area contributed by atoms with E-state index in [1.54, 1.807) is 30.9 Å². The van der Waals surface area contributed by atoms with Crippen LogP contribution in [0.3, 0.4) is 0 Å². The molecule has 0 bridgehead atoms. The van der Waals surface area contributed by atoms with Crippen LogP contribution in [0.4, 0.5) is 0 Å². The van der Waals surface area contributed by atoms with E-state index in [0.717, 1.165) is 17.1 Å². The van der Waals surface area contributed by atoms with Crippen LogP contribution in [0.25, 0.3) is 22.3 Å². The molecule has 29 heavy (non-hydrogen) atoms. The standard InChI is InChI=1S/C21H26N4O4/c1-11(2)25-19-17(9-22-25)16(20(26)24(6)10-12(3)21(27)28)8-18(23-19)15-7-13(4)29-14(15)5/h7-9,11-12H,10H2,1-6H3,(H,27,28). The summed E-state index contributed by atoms with van der Waals surface area (Å²) in [7, 11) is 1.60. The lowest BCUT2D eigenvalue weighted by atomic mass is 10.1. The largest absolute Gasteiger partial charge is 0.481 e. The first-order chi connectivity index (χ1) is 13.6. The Bertz CT molecular complexity index is 1080. The second-order valence-electron chi connectivity index (χ2n) is 7.73. The third-order valence-corrected chi connectivity index (χ3v) is 4.92. The molecule has 1 unspecified atom stereocenters. The zero-order valence-electron chi connectivity index (χ0n) is 17.6. The number of aliphatic carboxylic acids is 1. The molecule has 0 aliphatic rings. The summed E-state index contributed by atoms with van der Waals surface area (Å²) in [5.74, 6) is -0.401. The van der Waals surface area contributed by atoms with Gasteiger partial charge in [0.15, 0.2) is 5.65 Å². The molecule has 0 saturated heterocycles. The summed E-state index contributed by atoms with van der Waals surface area (Å²) < 4.78 is 7.42. The molecular formula is C21H26N4O4. The molecule has 3 aromatic rings. The van der Waals surface area contributed by atoms with Crippen molar-refractivity contribution in [1.82, 2.24) is 19.7 Å². The van der Waals surface area contributed by atoms with Gasteiger partial charge in [-0.2, -0.15) is 5.10 Å².